The lowest BCUT2D eigenvalue weighted by Crippen LogP contribution is -2.49. The van der Waals surface area contributed by atoms with Gasteiger partial charge in [0.2, 0.25) is 0 Å². The first-order valence-corrected chi connectivity index (χ1v) is 8.61. The summed E-state index contributed by atoms with van der Waals surface area (Å²) in [4.78, 5) is 35.0. The van der Waals surface area contributed by atoms with E-state index in [1.165, 1.54) is 0 Å². The molecular formula is C19H21ClN2O5. The van der Waals surface area contributed by atoms with Gasteiger partial charge in [-0.15, -0.1) is 0 Å². The Balaban J connectivity index is 1.83. The summed E-state index contributed by atoms with van der Waals surface area (Å²) in [5.41, 5.74) is -0.490. The molecule has 3 amide bonds. The predicted molar refractivity (Wildman–Crippen MR) is 102 cm³/mol. The molecule has 0 heterocycles. The van der Waals surface area contributed by atoms with E-state index in [0.717, 1.165) is 10.8 Å². The van der Waals surface area contributed by atoms with Crippen LogP contribution in [0.1, 0.15) is 20.8 Å². The average Bonchev–Trinajstić information content (AvgIpc) is 2.58. The molecule has 144 valence electrons. The zero-order chi connectivity index (χ0) is 20.0. The van der Waals surface area contributed by atoms with Gasteiger partial charge in [-0.05, 0) is 32.9 Å². The highest BCUT2D eigenvalue weighted by Gasteiger charge is 2.17. The largest absolute Gasteiger partial charge is 0.481 e. The Kier molecular flexibility index (Phi) is 6.63. The number of halogens is 1. The molecule has 0 radical (unpaired) electrons. The number of amides is 3. The number of benzene rings is 2. The van der Waals surface area contributed by atoms with E-state index in [1.807, 2.05) is 24.3 Å². The van der Waals surface area contributed by atoms with E-state index in [-0.39, 0.29) is 6.61 Å². The molecule has 27 heavy (non-hydrogen) atoms. The molecular weight excluding hydrogens is 372 g/mol. The number of esters is 1. The third kappa shape index (κ3) is 6.45. The van der Waals surface area contributed by atoms with Crippen molar-refractivity contribution >= 4 is 40.3 Å². The van der Waals surface area contributed by atoms with Crippen molar-refractivity contribution in [1.82, 2.24) is 10.6 Å². The van der Waals surface area contributed by atoms with Crippen molar-refractivity contribution in [2.45, 2.75) is 26.3 Å². The molecule has 0 aliphatic rings. The van der Waals surface area contributed by atoms with Gasteiger partial charge in [-0.3, -0.25) is 10.1 Å². The summed E-state index contributed by atoms with van der Waals surface area (Å²) < 4.78 is 10.3. The summed E-state index contributed by atoms with van der Waals surface area (Å²) in [6.07, 6.45) is 0. The standard InChI is InChI=1S/C19H21ClN2O5/c1-19(2,3)22-18(25)21-16(23)10-27-17(24)11-26-15-9-8-14(20)12-6-4-5-7-13(12)15/h4-9H,10-11H2,1-3H3,(H2,21,22,23,25). The number of hydrogen-bond donors (Lipinski definition) is 2. The van der Waals surface area contributed by atoms with E-state index in [4.69, 9.17) is 21.1 Å². The number of ether oxygens (including phenoxy) is 2. The Bertz CT molecular complexity index is 861. The monoisotopic (exact) mass is 392 g/mol. The molecule has 2 N–H and O–H groups in total. The second kappa shape index (κ2) is 8.73. The lowest BCUT2D eigenvalue weighted by Gasteiger charge is -2.20. The number of hydrogen-bond acceptors (Lipinski definition) is 5. The SMILES string of the molecule is CC(C)(C)NC(=O)NC(=O)COC(=O)COc1ccc(Cl)c2ccccc12. The third-order valence-corrected chi connectivity index (χ3v) is 3.61. The van der Waals surface area contributed by atoms with Gasteiger partial charge in [-0.2, -0.15) is 0 Å². The molecule has 2 aromatic rings. The minimum atomic E-state index is -0.736. The summed E-state index contributed by atoms with van der Waals surface area (Å²) >= 11 is 6.13. The van der Waals surface area contributed by atoms with Crippen LogP contribution < -0.4 is 15.4 Å². The van der Waals surface area contributed by atoms with Crippen LogP contribution in [0.5, 0.6) is 5.75 Å². The molecule has 8 heteroatoms. The number of fused-ring (bicyclic) bond motifs is 1. The lowest BCUT2D eigenvalue weighted by atomic mass is 10.1. The lowest BCUT2D eigenvalue weighted by molar-refractivity contribution is -0.150. The molecule has 0 saturated heterocycles. The topological polar surface area (TPSA) is 93.7 Å². The molecule has 0 aliphatic heterocycles. The maximum Gasteiger partial charge on any atom is 0.344 e. The number of rotatable bonds is 5. The summed E-state index contributed by atoms with van der Waals surface area (Å²) in [7, 11) is 0. The van der Waals surface area contributed by atoms with Gasteiger partial charge in [0.25, 0.3) is 5.91 Å². The minimum absolute atomic E-state index is 0.382. The molecule has 0 atom stereocenters. The maximum atomic E-state index is 11.8. The Hall–Kier alpha value is -2.80. The molecule has 0 bridgehead atoms. The summed E-state index contributed by atoms with van der Waals surface area (Å²) in [6, 6.07) is 10.0. The number of urea groups is 1. The van der Waals surface area contributed by atoms with Gasteiger partial charge >= 0.3 is 12.0 Å². The first-order chi connectivity index (χ1) is 12.7. The first kappa shape index (κ1) is 20.5. The van der Waals surface area contributed by atoms with E-state index in [9.17, 15) is 14.4 Å². The second-order valence-electron chi connectivity index (χ2n) is 6.79. The summed E-state index contributed by atoms with van der Waals surface area (Å²) in [5.74, 6) is -0.997. The highest BCUT2D eigenvalue weighted by Crippen LogP contribution is 2.31. The quantitative estimate of drug-likeness (QED) is 0.763. The Labute approximate surface area is 162 Å². The fraction of sp³-hybridized carbons (Fsp3) is 0.316. The van der Waals surface area contributed by atoms with Crippen LogP contribution in [0.4, 0.5) is 4.79 Å². The van der Waals surface area contributed by atoms with Crippen molar-refractivity contribution in [2.75, 3.05) is 13.2 Å². The number of carbonyl (C=O) groups is 3. The van der Waals surface area contributed by atoms with Crippen molar-refractivity contribution in [3.63, 3.8) is 0 Å². The smallest absolute Gasteiger partial charge is 0.344 e. The van der Waals surface area contributed by atoms with E-state index in [0.29, 0.717) is 10.8 Å². The van der Waals surface area contributed by atoms with E-state index < -0.39 is 30.1 Å². The van der Waals surface area contributed by atoms with Crippen LogP contribution in [0, 0.1) is 0 Å². The van der Waals surface area contributed by atoms with Gasteiger partial charge in [0.05, 0.1) is 0 Å². The van der Waals surface area contributed by atoms with E-state index in [2.05, 4.69) is 10.6 Å². The van der Waals surface area contributed by atoms with Gasteiger partial charge in [-0.25, -0.2) is 9.59 Å². The van der Waals surface area contributed by atoms with Crippen molar-refractivity contribution < 1.29 is 23.9 Å². The molecule has 2 aromatic carbocycles. The normalized spacial score (nSPS) is 11.0. The van der Waals surface area contributed by atoms with E-state index in [1.54, 1.807) is 32.9 Å². The zero-order valence-corrected chi connectivity index (χ0v) is 16.1. The number of imide groups is 1. The average molecular weight is 393 g/mol. The molecule has 0 aromatic heterocycles. The summed E-state index contributed by atoms with van der Waals surface area (Å²) in [6.45, 7) is 4.35. The molecule has 2 rings (SSSR count). The maximum absolute atomic E-state index is 11.8. The first-order valence-electron chi connectivity index (χ1n) is 8.23. The molecule has 0 aliphatic carbocycles. The fourth-order valence-corrected chi connectivity index (χ4v) is 2.45. The zero-order valence-electron chi connectivity index (χ0n) is 15.3. The van der Waals surface area contributed by atoms with Crippen LogP contribution in [0.15, 0.2) is 36.4 Å². The van der Waals surface area contributed by atoms with Gasteiger partial charge in [0, 0.05) is 21.3 Å². The fourth-order valence-electron chi connectivity index (χ4n) is 2.22. The third-order valence-electron chi connectivity index (χ3n) is 3.28. The molecule has 0 fully saturated rings. The van der Waals surface area contributed by atoms with Crippen LogP contribution in [0.2, 0.25) is 5.02 Å². The van der Waals surface area contributed by atoms with Crippen molar-refractivity contribution in [3.05, 3.63) is 41.4 Å². The van der Waals surface area contributed by atoms with Crippen LogP contribution in [-0.2, 0) is 14.3 Å². The Morgan fingerprint density at radius 1 is 1.00 bits per heavy atom. The highest BCUT2D eigenvalue weighted by atomic mass is 35.5. The molecule has 7 nitrogen and oxygen atoms in total. The molecule has 0 unspecified atom stereocenters. The van der Waals surface area contributed by atoms with E-state index >= 15 is 0 Å². The van der Waals surface area contributed by atoms with Crippen LogP contribution >= 0.6 is 11.6 Å². The second-order valence-corrected chi connectivity index (χ2v) is 7.20. The summed E-state index contributed by atoms with van der Waals surface area (Å²) in [5, 5.41) is 6.77. The van der Waals surface area contributed by atoms with Gasteiger partial charge in [0.1, 0.15) is 5.75 Å². The van der Waals surface area contributed by atoms with Gasteiger partial charge in [-0.1, -0.05) is 35.9 Å². The van der Waals surface area contributed by atoms with Gasteiger partial charge in [0.15, 0.2) is 13.2 Å². The number of nitrogens with one attached hydrogen (secondary N) is 2. The van der Waals surface area contributed by atoms with Crippen molar-refractivity contribution in [1.29, 1.82) is 0 Å². The minimum Gasteiger partial charge on any atom is -0.481 e. The number of carbonyl (C=O) groups excluding carboxylic acids is 3. The Morgan fingerprint density at radius 2 is 1.67 bits per heavy atom. The van der Waals surface area contributed by atoms with Crippen molar-refractivity contribution in [3.8, 4) is 5.75 Å². The van der Waals surface area contributed by atoms with Crippen LogP contribution in [0.3, 0.4) is 0 Å². The predicted octanol–water partition coefficient (Wildman–Crippen LogP) is 3.04. The molecule has 0 spiro atoms. The highest BCUT2D eigenvalue weighted by molar-refractivity contribution is 6.35. The van der Waals surface area contributed by atoms with Crippen molar-refractivity contribution in [2.24, 2.45) is 0 Å². The Morgan fingerprint density at radius 3 is 2.33 bits per heavy atom. The van der Waals surface area contributed by atoms with Crippen LogP contribution in [0.25, 0.3) is 10.8 Å². The molecule has 0 saturated carbocycles. The van der Waals surface area contributed by atoms with Crippen LogP contribution in [-0.4, -0.2) is 36.7 Å². The van der Waals surface area contributed by atoms with Gasteiger partial charge < -0.3 is 14.8 Å².